The molecule has 2 rings (SSSR count). The van der Waals surface area contributed by atoms with Crippen LogP contribution in [-0.2, 0) is 4.79 Å². The third-order valence-electron chi connectivity index (χ3n) is 3.85. The number of hydrogen-bond acceptors (Lipinski definition) is 3. The molecule has 2 N–H and O–H groups in total. The normalized spacial score (nSPS) is 21.5. The van der Waals surface area contributed by atoms with Crippen molar-refractivity contribution in [2.75, 3.05) is 26.7 Å². The number of nitrogens with two attached hydrogens (primary N) is 1. The fraction of sp³-hybridized carbons (Fsp3) is 0.467. The summed E-state index contributed by atoms with van der Waals surface area (Å²) in [6.45, 7) is 4.20. The molecule has 0 aromatic heterocycles. The molecule has 5 heteroatoms. The van der Waals surface area contributed by atoms with Crippen LogP contribution in [0.15, 0.2) is 30.3 Å². The minimum atomic E-state index is -0.403. The molecule has 1 amide bonds. The summed E-state index contributed by atoms with van der Waals surface area (Å²) in [6.07, 6.45) is 0. The standard InChI is InChI=1S/C15H21N3OS/c1-11(14(16)20)15(19)18-9-8-17(2)10-13(18)12-6-4-3-5-7-12/h3-7,11,13H,8-10H2,1-2H3,(H2,16,20). The maximum Gasteiger partial charge on any atom is 0.232 e. The molecule has 1 heterocycles. The maximum absolute atomic E-state index is 12.6. The van der Waals surface area contributed by atoms with E-state index in [2.05, 4.69) is 24.1 Å². The topological polar surface area (TPSA) is 49.6 Å². The lowest BCUT2D eigenvalue weighted by Crippen LogP contribution is -2.52. The van der Waals surface area contributed by atoms with Gasteiger partial charge in [-0.3, -0.25) is 4.79 Å². The molecule has 108 valence electrons. The van der Waals surface area contributed by atoms with Crippen molar-refractivity contribution in [1.82, 2.24) is 9.80 Å². The number of amides is 1. The number of nitrogens with zero attached hydrogens (tertiary/aromatic N) is 2. The Morgan fingerprint density at radius 3 is 2.60 bits per heavy atom. The molecule has 0 radical (unpaired) electrons. The van der Waals surface area contributed by atoms with Crippen molar-refractivity contribution >= 4 is 23.1 Å². The van der Waals surface area contributed by atoms with E-state index < -0.39 is 5.92 Å². The predicted octanol–water partition coefficient (Wildman–Crippen LogP) is 1.42. The Balaban J connectivity index is 2.25. The van der Waals surface area contributed by atoms with Gasteiger partial charge < -0.3 is 15.5 Å². The van der Waals surface area contributed by atoms with Crippen molar-refractivity contribution < 1.29 is 4.79 Å². The number of likely N-dealkylation sites (N-methyl/N-ethyl adjacent to an activating group) is 1. The fourth-order valence-electron chi connectivity index (χ4n) is 2.51. The number of hydrogen-bond donors (Lipinski definition) is 1. The van der Waals surface area contributed by atoms with E-state index in [1.807, 2.05) is 23.1 Å². The average molecular weight is 291 g/mol. The minimum absolute atomic E-state index is 0.0273. The molecular weight excluding hydrogens is 270 g/mol. The van der Waals surface area contributed by atoms with Gasteiger partial charge in [0.15, 0.2) is 0 Å². The van der Waals surface area contributed by atoms with Crippen LogP contribution in [-0.4, -0.2) is 47.4 Å². The van der Waals surface area contributed by atoms with Gasteiger partial charge in [-0.2, -0.15) is 0 Å². The Kier molecular flexibility index (Phi) is 4.73. The highest BCUT2D eigenvalue weighted by Gasteiger charge is 2.33. The average Bonchev–Trinajstić information content (AvgIpc) is 2.46. The first-order chi connectivity index (χ1) is 9.50. The van der Waals surface area contributed by atoms with E-state index in [0.717, 1.165) is 18.7 Å². The van der Waals surface area contributed by atoms with Crippen LogP contribution >= 0.6 is 12.2 Å². The summed E-state index contributed by atoms with van der Waals surface area (Å²) in [6, 6.07) is 10.2. The van der Waals surface area contributed by atoms with Crippen LogP contribution in [0.1, 0.15) is 18.5 Å². The van der Waals surface area contributed by atoms with Crippen molar-refractivity contribution in [3.8, 4) is 0 Å². The molecule has 0 saturated carbocycles. The molecule has 2 atom stereocenters. The Bertz CT molecular complexity index is 491. The van der Waals surface area contributed by atoms with Gasteiger partial charge in [0.2, 0.25) is 5.91 Å². The fourth-order valence-corrected chi connectivity index (χ4v) is 2.61. The highest BCUT2D eigenvalue weighted by Crippen LogP contribution is 2.26. The molecule has 0 bridgehead atoms. The van der Waals surface area contributed by atoms with Crippen LogP contribution in [0.2, 0.25) is 0 Å². The highest BCUT2D eigenvalue weighted by molar-refractivity contribution is 7.80. The molecule has 1 saturated heterocycles. The molecule has 20 heavy (non-hydrogen) atoms. The van der Waals surface area contributed by atoms with Gasteiger partial charge in [0, 0.05) is 19.6 Å². The first-order valence-electron chi connectivity index (χ1n) is 6.84. The van der Waals surface area contributed by atoms with Crippen molar-refractivity contribution in [3.63, 3.8) is 0 Å². The van der Waals surface area contributed by atoms with Crippen LogP contribution in [0, 0.1) is 5.92 Å². The third-order valence-corrected chi connectivity index (χ3v) is 4.20. The summed E-state index contributed by atoms with van der Waals surface area (Å²) in [5.41, 5.74) is 6.78. The van der Waals surface area contributed by atoms with Gasteiger partial charge in [0.1, 0.15) is 0 Å². The number of carbonyl (C=O) groups is 1. The predicted molar refractivity (Wildman–Crippen MR) is 84.3 cm³/mol. The second-order valence-electron chi connectivity index (χ2n) is 5.34. The Hall–Kier alpha value is -1.46. The summed E-state index contributed by atoms with van der Waals surface area (Å²) in [7, 11) is 2.08. The maximum atomic E-state index is 12.6. The zero-order valence-corrected chi connectivity index (χ0v) is 12.8. The molecule has 2 unspecified atom stereocenters. The van der Waals surface area contributed by atoms with Gasteiger partial charge in [0.05, 0.1) is 16.9 Å². The molecule has 0 spiro atoms. The summed E-state index contributed by atoms with van der Waals surface area (Å²) < 4.78 is 0. The Morgan fingerprint density at radius 1 is 1.35 bits per heavy atom. The largest absolute Gasteiger partial charge is 0.393 e. The van der Waals surface area contributed by atoms with Crippen molar-refractivity contribution in [3.05, 3.63) is 35.9 Å². The van der Waals surface area contributed by atoms with Crippen LogP contribution in [0.3, 0.4) is 0 Å². The summed E-state index contributed by atoms with van der Waals surface area (Å²) in [5, 5.41) is 0. The van der Waals surface area contributed by atoms with Gasteiger partial charge in [-0.1, -0.05) is 42.5 Å². The van der Waals surface area contributed by atoms with E-state index in [1.165, 1.54) is 0 Å². The highest BCUT2D eigenvalue weighted by atomic mass is 32.1. The lowest BCUT2D eigenvalue weighted by atomic mass is 10.00. The van der Waals surface area contributed by atoms with Gasteiger partial charge in [0.25, 0.3) is 0 Å². The zero-order valence-electron chi connectivity index (χ0n) is 12.0. The summed E-state index contributed by atoms with van der Waals surface area (Å²) in [5.74, 6) is -0.376. The molecule has 1 aliphatic rings. The van der Waals surface area contributed by atoms with Crippen LogP contribution in [0.5, 0.6) is 0 Å². The molecule has 1 aromatic rings. The van der Waals surface area contributed by atoms with E-state index >= 15 is 0 Å². The van der Waals surface area contributed by atoms with E-state index in [1.54, 1.807) is 6.92 Å². The number of piperazine rings is 1. The molecule has 1 fully saturated rings. The van der Waals surface area contributed by atoms with E-state index in [-0.39, 0.29) is 16.9 Å². The van der Waals surface area contributed by atoms with Crippen molar-refractivity contribution in [1.29, 1.82) is 0 Å². The number of thiocarbonyl (C=S) groups is 1. The van der Waals surface area contributed by atoms with Crippen LogP contribution in [0.25, 0.3) is 0 Å². The lowest BCUT2D eigenvalue weighted by Gasteiger charge is -2.41. The smallest absolute Gasteiger partial charge is 0.232 e. The molecule has 0 aliphatic carbocycles. The van der Waals surface area contributed by atoms with Crippen LogP contribution in [0.4, 0.5) is 0 Å². The molecular formula is C15H21N3OS. The first-order valence-corrected chi connectivity index (χ1v) is 7.25. The van der Waals surface area contributed by atoms with Crippen LogP contribution < -0.4 is 5.73 Å². The van der Waals surface area contributed by atoms with Gasteiger partial charge in [-0.05, 0) is 19.5 Å². The quantitative estimate of drug-likeness (QED) is 0.856. The minimum Gasteiger partial charge on any atom is -0.393 e. The number of carbonyl (C=O) groups excluding carboxylic acids is 1. The SMILES string of the molecule is CC(C(=O)N1CCN(C)CC1c1ccccc1)C(N)=S. The number of benzene rings is 1. The van der Waals surface area contributed by atoms with Crippen molar-refractivity contribution in [2.24, 2.45) is 11.7 Å². The monoisotopic (exact) mass is 291 g/mol. The lowest BCUT2D eigenvalue weighted by molar-refractivity contribution is -0.137. The molecule has 1 aliphatic heterocycles. The second kappa shape index (κ2) is 6.33. The Morgan fingerprint density at radius 2 is 2.00 bits per heavy atom. The molecule has 4 nitrogen and oxygen atoms in total. The Labute approximate surface area is 125 Å². The van der Waals surface area contributed by atoms with E-state index in [0.29, 0.717) is 6.54 Å². The third kappa shape index (κ3) is 3.16. The van der Waals surface area contributed by atoms with E-state index in [4.69, 9.17) is 18.0 Å². The summed E-state index contributed by atoms with van der Waals surface area (Å²) in [4.78, 5) is 17.0. The second-order valence-corrected chi connectivity index (χ2v) is 5.82. The molecule has 1 aromatic carbocycles. The van der Waals surface area contributed by atoms with Crippen molar-refractivity contribution in [2.45, 2.75) is 13.0 Å². The van der Waals surface area contributed by atoms with E-state index in [9.17, 15) is 4.79 Å². The summed E-state index contributed by atoms with van der Waals surface area (Å²) >= 11 is 4.96. The first kappa shape index (κ1) is 14.9. The van der Waals surface area contributed by atoms with Gasteiger partial charge in [-0.25, -0.2) is 0 Å². The van der Waals surface area contributed by atoms with Gasteiger partial charge in [-0.15, -0.1) is 0 Å². The number of rotatable bonds is 3. The van der Waals surface area contributed by atoms with Gasteiger partial charge >= 0.3 is 0 Å². The zero-order chi connectivity index (χ0) is 14.7.